The predicted octanol–water partition coefficient (Wildman–Crippen LogP) is 2.95. The van der Waals surface area contributed by atoms with E-state index in [1.807, 2.05) is 0 Å². The molecule has 0 spiro atoms. The largest absolute Gasteiger partial charge is 0.457 e. The maximum atomic E-state index is 13.2. The van der Waals surface area contributed by atoms with E-state index in [9.17, 15) is 9.18 Å². The van der Waals surface area contributed by atoms with Gasteiger partial charge >= 0.3 is 5.97 Å². The standard InChI is InChI=1S/C16H13FN2O2/c1-10-13(3-2-4-15(10)19)16(20)21-9-11-5-6-14(17)12(7-11)8-18/h2-7H,9,19H2,1H3. The normalized spacial score (nSPS) is 9.95. The maximum absolute atomic E-state index is 13.2. The van der Waals surface area contributed by atoms with Gasteiger partial charge in [-0.2, -0.15) is 5.26 Å². The molecule has 0 radical (unpaired) electrons. The first kappa shape index (κ1) is 14.5. The van der Waals surface area contributed by atoms with Crippen LogP contribution in [0.4, 0.5) is 10.1 Å². The second kappa shape index (κ2) is 6.06. The number of carbonyl (C=O) groups excluding carboxylic acids is 1. The maximum Gasteiger partial charge on any atom is 0.338 e. The molecular formula is C16H13FN2O2. The Morgan fingerprint density at radius 3 is 2.86 bits per heavy atom. The van der Waals surface area contributed by atoms with E-state index >= 15 is 0 Å². The smallest absolute Gasteiger partial charge is 0.338 e. The third-order valence-electron chi connectivity index (χ3n) is 3.12. The third-order valence-corrected chi connectivity index (χ3v) is 3.12. The summed E-state index contributed by atoms with van der Waals surface area (Å²) in [5, 5.41) is 8.75. The van der Waals surface area contributed by atoms with Gasteiger partial charge < -0.3 is 10.5 Å². The lowest BCUT2D eigenvalue weighted by atomic mass is 10.1. The molecule has 2 aromatic rings. The fourth-order valence-electron chi connectivity index (χ4n) is 1.85. The molecule has 0 saturated heterocycles. The highest BCUT2D eigenvalue weighted by molar-refractivity contribution is 5.92. The highest BCUT2D eigenvalue weighted by atomic mass is 19.1. The van der Waals surface area contributed by atoms with Gasteiger partial charge in [0.05, 0.1) is 11.1 Å². The van der Waals surface area contributed by atoms with Crippen LogP contribution in [0.1, 0.15) is 27.0 Å². The van der Waals surface area contributed by atoms with Crippen molar-refractivity contribution in [1.29, 1.82) is 5.26 Å². The van der Waals surface area contributed by atoms with E-state index in [0.29, 0.717) is 22.4 Å². The van der Waals surface area contributed by atoms with Gasteiger partial charge in [0.15, 0.2) is 0 Å². The number of esters is 1. The summed E-state index contributed by atoms with van der Waals surface area (Å²) in [7, 11) is 0. The molecule has 0 aliphatic rings. The van der Waals surface area contributed by atoms with Crippen LogP contribution in [-0.2, 0) is 11.3 Å². The lowest BCUT2D eigenvalue weighted by Crippen LogP contribution is -2.08. The number of nitrogens with zero attached hydrogens (tertiary/aromatic N) is 1. The van der Waals surface area contributed by atoms with E-state index in [0.717, 1.165) is 0 Å². The first-order valence-electron chi connectivity index (χ1n) is 6.23. The van der Waals surface area contributed by atoms with Crippen molar-refractivity contribution in [2.45, 2.75) is 13.5 Å². The van der Waals surface area contributed by atoms with Crippen molar-refractivity contribution in [3.63, 3.8) is 0 Å². The van der Waals surface area contributed by atoms with Crippen LogP contribution < -0.4 is 5.73 Å². The number of halogens is 1. The number of benzene rings is 2. The molecule has 0 amide bonds. The van der Waals surface area contributed by atoms with Gasteiger partial charge in [-0.1, -0.05) is 12.1 Å². The van der Waals surface area contributed by atoms with E-state index < -0.39 is 11.8 Å². The highest BCUT2D eigenvalue weighted by Crippen LogP contribution is 2.17. The number of ether oxygens (including phenoxy) is 1. The topological polar surface area (TPSA) is 76.1 Å². The molecule has 2 rings (SSSR count). The molecule has 0 bridgehead atoms. The number of nitrogen functional groups attached to an aromatic ring is 1. The van der Waals surface area contributed by atoms with Gasteiger partial charge in [0.2, 0.25) is 0 Å². The Labute approximate surface area is 121 Å². The molecule has 2 aromatic carbocycles. The number of nitriles is 1. The van der Waals surface area contributed by atoms with Crippen LogP contribution in [0.3, 0.4) is 0 Å². The van der Waals surface area contributed by atoms with E-state index in [4.69, 9.17) is 15.7 Å². The summed E-state index contributed by atoms with van der Waals surface area (Å²) >= 11 is 0. The molecule has 0 saturated carbocycles. The first-order valence-corrected chi connectivity index (χ1v) is 6.23. The minimum atomic E-state index is -0.598. The summed E-state index contributed by atoms with van der Waals surface area (Å²) in [6.45, 7) is 1.69. The Bertz CT molecular complexity index is 736. The van der Waals surface area contributed by atoms with Crippen molar-refractivity contribution >= 4 is 11.7 Å². The van der Waals surface area contributed by atoms with Gasteiger partial charge in [0.1, 0.15) is 18.5 Å². The van der Waals surface area contributed by atoms with Crippen molar-refractivity contribution < 1.29 is 13.9 Å². The van der Waals surface area contributed by atoms with Crippen LogP contribution in [0.15, 0.2) is 36.4 Å². The number of hydrogen-bond donors (Lipinski definition) is 1. The third kappa shape index (κ3) is 3.18. The van der Waals surface area contributed by atoms with Crippen LogP contribution in [0, 0.1) is 24.1 Å². The van der Waals surface area contributed by atoms with Crippen molar-refractivity contribution in [3.8, 4) is 6.07 Å². The Balaban J connectivity index is 2.11. The van der Waals surface area contributed by atoms with E-state index in [-0.39, 0.29) is 12.2 Å². The number of carbonyl (C=O) groups is 1. The molecule has 0 aromatic heterocycles. The quantitative estimate of drug-likeness (QED) is 0.694. The number of hydrogen-bond acceptors (Lipinski definition) is 4. The lowest BCUT2D eigenvalue weighted by Gasteiger charge is -2.09. The number of anilines is 1. The van der Waals surface area contributed by atoms with Crippen LogP contribution in [0.2, 0.25) is 0 Å². The Morgan fingerprint density at radius 1 is 1.38 bits per heavy atom. The molecule has 21 heavy (non-hydrogen) atoms. The van der Waals surface area contributed by atoms with Crippen LogP contribution in [0.5, 0.6) is 0 Å². The van der Waals surface area contributed by atoms with E-state index in [1.165, 1.54) is 18.2 Å². The lowest BCUT2D eigenvalue weighted by molar-refractivity contribution is 0.0472. The first-order chi connectivity index (χ1) is 10.0. The molecule has 0 fully saturated rings. The van der Waals surface area contributed by atoms with Crippen molar-refractivity contribution in [3.05, 3.63) is 64.5 Å². The second-order valence-electron chi connectivity index (χ2n) is 4.52. The number of nitrogens with two attached hydrogens (primary N) is 1. The monoisotopic (exact) mass is 284 g/mol. The molecule has 0 unspecified atom stereocenters. The second-order valence-corrected chi connectivity index (χ2v) is 4.52. The highest BCUT2D eigenvalue weighted by Gasteiger charge is 2.12. The average Bonchev–Trinajstić information content (AvgIpc) is 2.49. The van der Waals surface area contributed by atoms with Gasteiger partial charge in [-0.15, -0.1) is 0 Å². The van der Waals surface area contributed by atoms with Crippen molar-refractivity contribution in [2.24, 2.45) is 0 Å². The fourth-order valence-corrected chi connectivity index (χ4v) is 1.85. The van der Waals surface area contributed by atoms with E-state index in [1.54, 1.807) is 31.2 Å². The molecular weight excluding hydrogens is 271 g/mol. The van der Waals surface area contributed by atoms with Crippen molar-refractivity contribution in [1.82, 2.24) is 0 Å². The Hall–Kier alpha value is -2.87. The Kier molecular flexibility index (Phi) is 4.19. The van der Waals surface area contributed by atoms with Gasteiger partial charge in [0.25, 0.3) is 0 Å². The average molecular weight is 284 g/mol. The zero-order chi connectivity index (χ0) is 15.4. The molecule has 0 heterocycles. The molecule has 0 aliphatic heterocycles. The van der Waals surface area contributed by atoms with Crippen LogP contribution in [0.25, 0.3) is 0 Å². The van der Waals surface area contributed by atoms with Gasteiger partial charge in [-0.3, -0.25) is 0 Å². The minimum Gasteiger partial charge on any atom is -0.457 e. The molecule has 0 aliphatic carbocycles. The Morgan fingerprint density at radius 2 is 2.14 bits per heavy atom. The molecule has 4 nitrogen and oxygen atoms in total. The fraction of sp³-hybridized carbons (Fsp3) is 0.125. The molecule has 2 N–H and O–H groups in total. The van der Waals surface area contributed by atoms with Crippen LogP contribution >= 0.6 is 0 Å². The predicted molar refractivity (Wildman–Crippen MR) is 75.8 cm³/mol. The zero-order valence-corrected chi connectivity index (χ0v) is 11.4. The summed E-state index contributed by atoms with van der Waals surface area (Å²) < 4.78 is 18.3. The number of rotatable bonds is 3. The van der Waals surface area contributed by atoms with Gasteiger partial charge in [-0.25, -0.2) is 9.18 Å². The minimum absolute atomic E-state index is 0.0397. The SMILES string of the molecule is Cc1c(N)cccc1C(=O)OCc1ccc(F)c(C#N)c1. The van der Waals surface area contributed by atoms with Crippen LogP contribution in [-0.4, -0.2) is 5.97 Å². The van der Waals surface area contributed by atoms with Gasteiger partial charge in [0, 0.05) is 5.69 Å². The molecule has 106 valence electrons. The summed E-state index contributed by atoms with van der Waals surface area (Å²) in [6.07, 6.45) is 0. The van der Waals surface area contributed by atoms with Crippen molar-refractivity contribution in [2.75, 3.05) is 5.73 Å². The molecule has 5 heteroatoms. The zero-order valence-electron chi connectivity index (χ0n) is 11.4. The summed E-state index contributed by atoms with van der Waals surface area (Å²) in [5.74, 6) is -1.11. The van der Waals surface area contributed by atoms with E-state index in [2.05, 4.69) is 0 Å². The molecule has 0 atom stereocenters. The van der Waals surface area contributed by atoms with Gasteiger partial charge in [-0.05, 0) is 42.3 Å². The summed E-state index contributed by atoms with van der Waals surface area (Å²) in [4.78, 5) is 12.0. The summed E-state index contributed by atoms with van der Waals surface area (Å²) in [6, 6.07) is 10.7. The summed E-state index contributed by atoms with van der Waals surface area (Å²) in [5.41, 5.74) is 7.75.